The molecule has 0 radical (unpaired) electrons. The van der Waals surface area contributed by atoms with Gasteiger partial charge < -0.3 is 10.1 Å². The van der Waals surface area contributed by atoms with Gasteiger partial charge in [-0.05, 0) is 12.0 Å². The molecule has 90 valence electrons. The molecule has 1 aromatic rings. The van der Waals surface area contributed by atoms with Crippen molar-refractivity contribution in [2.24, 2.45) is 0 Å². The number of likely N-dealkylation sites (tertiary alicyclic amines) is 1. The van der Waals surface area contributed by atoms with Crippen molar-refractivity contribution < 1.29 is 9.53 Å². The van der Waals surface area contributed by atoms with E-state index in [4.69, 9.17) is 4.74 Å². The summed E-state index contributed by atoms with van der Waals surface area (Å²) in [6, 6.07) is 10.6. The van der Waals surface area contributed by atoms with Gasteiger partial charge in [-0.3, -0.25) is 4.90 Å². The summed E-state index contributed by atoms with van der Waals surface area (Å²) in [6.07, 6.45) is 0.741. The van der Waals surface area contributed by atoms with Crippen molar-refractivity contribution >= 4 is 6.09 Å². The summed E-state index contributed by atoms with van der Waals surface area (Å²) < 4.78 is 5.24. The van der Waals surface area contributed by atoms with Gasteiger partial charge in [-0.1, -0.05) is 30.3 Å². The van der Waals surface area contributed by atoms with E-state index in [9.17, 15) is 4.79 Å². The minimum atomic E-state index is -0.262. The molecule has 1 N–H and O–H groups in total. The molecule has 3 rings (SSSR count). The highest BCUT2D eigenvalue weighted by Gasteiger charge is 2.38. The average molecular weight is 232 g/mol. The molecule has 1 aromatic carbocycles. The minimum Gasteiger partial charge on any atom is -0.443 e. The number of nitrogens with zero attached hydrogens (tertiary/aromatic N) is 1. The van der Waals surface area contributed by atoms with Gasteiger partial charge in [0.15, 0.2) is 0 Å². The van der Waals surface area contributed by atoms with Crippen molar-refractivity contribution in [3.8, 4) is 0 Å². The molecular weight excluding hydrogens is 216 g/mol. The standard InChI is InChI=1S/C13H16N2O2/c16-13-14-11-6-7-15(9-12(11)17-13)8-10-4-2-1-3-5-10/h1-5,11-12H,6-9H2,(H,14,16)/t11-,12-/m1/s1. The van der Waals surface area contributed by atoms with Crippen LogP contribution in [0.25, 0.3) is 0 Å². The number of amides is 1. The van der Waals surface area contributed by atoms with E-state index in [1.165, 1.54) is 5.56 Å². The SMILES string of the molecule is O=C1N[C@@H]2CCN(Cc3ccccc3)C[C@H]2O1. The number of rotatable bonds is 2. The zero-order valence-corrected chi connectivity index (χ0v) is 9.63. The first-order valence-electron chi connectivity index (χ1n) is 6.05. The second kappa shape index (κ2) is 4.37. The predicted molar refractivity (Wildman–Crippen MR) is 63.5 cm³/mol. The Morgan fingerprint density at radius 1 is 1.35 bits per heavy atom. The molecule has 4 heteroatoms. The molecular formula is C13H16N2O2. The minimum absolute atomic E-state index is 0.0277. The van der Waals surface area contributed by atoms with Crippen molar-refractivity contribution in [3.63, 3.8) is 0 Å². The molecule has 0 aromatic heterocycles. The molecule has 0 saturated carbocycles. The van der Waals surface area contributed by atoms with Crippen LogP contribution in [0.15, 0.2) is 30.3 Å². The second-order valence-corrected chi connectivity index (χ2v) is 4.70. The van der Waals surface area contributed by atoms with Crippen LogP contribution in [0.2, 0.25) is 0 Å². The van der Waals surface area contributed by atoms with Gasteiger partial charge in [-0.2, -0.15) is 0 Å². The topological polar surface area (TPSA) is 41.6 Å². The van der Waals surface area contributed by atoms with E-state index in [1.54, 1.807) is 0 Å². The summed E-state index contributed by atoms with van der Waals surface area (Å²) in [7, 11) is 0. The lowest BCUT2D eigenvalue weighted by atomic mass is 10.0. The molecule has 0 aliphatic carbocycles. The second-order valence-electron chi connectivity index (χ2n) is 4.70. The Hall–Kier alpha value is -1.55. The van der Waals surface area contributed by atoms with Gasteiger partial charge in [0.1, 0.15) is 6.10 Å². The van der Waals surface area contributed by atoms with Crippen LogP contribution in [0, 0.1) is 0 Å². The molecule has 0 spiro atoms. The van der Waals surface area contributed by atoms with Crippen molar-refractivity contribution in [3.05, 3.63) is 35.9 Å². The zero-order valence-electron chi connectivity index (χ0n) is 9.63. The van der Waals surface area contributed by atoms with Gasteiger partial charge in [-0.25, -0.2) is 4.79 Å². The zero-order chi connectivity index (χ0) is 11.7. The van der Waals surface area contributed by atoms with Crippen molar-refractivity contribution in [1.82, 2.24) is 10.2 Å². The van der Waals surface area contributed by atoms with E-state index in [2.05, 4.69) is 34.5 Å². The molecule has 0 bridgehead atoms. The Labute approximate surface area is 101 Å². The molecule has 2 fully saturated rings. The average Bonchev–Trinajstić information content (AvgIpc) is 2.70. The smallest absolute Gasteiger partial charge is 0.407 e. The number of hydrogen-bond donors (Lipinski definition) is 1. The van der Waals surface area contributed by atoms with Gasteiger partial charge in [0, 0.05) is 19.6 Å². The maximum atomic E-state index is 11.1. The Morgan fingerprint density at radius 2 is 2.18 bits per heavy atom. The van der Waals surface area contributed by atoms with Crippen molar-refractivity contribution in [2.45, 2.75) is 25.1 Å². The number of alkyl carbamates (subject to hydrolysis) is 1. The lowest BCUT2D eigenvalue weighted by Gasteiger charge is -2.32. The number of fused-ring (bicyclic) bond motifs is 1. The Morgan fingerprint density at radius 3 is 3.00 bits per heavy atom. The summed E-state index contributed by atoms with van der Waals surface area (Å²) in [5, 5.41) is 2.85. The number of ether oxygens (including phenoxy) is 1. The fourth-order valence-corrected chi connectivity index (χ4v) is 2.57. The van der Waals surface area contributed by atoms with E-state index >= 15 is 0 Å². The monoisotopic (exact) mass is 232 g/mol. The number of carbonyl (C=O) groups excluding carboxylic acids is 1. The lowest BCUT2D eigenvalue weighted by Crippen LogP contribution is -2.47. The molecule has 2 aliphatic rings. The first kappa shape index (κ1) is 10.6. The molecule has 0 unspecified atom stereocenters. The molecule has 4 nitrogen and oxygen atoms in total. The van der Waals surface area contributed by atoms with Gasteiger partial charge in [0.25, 0.3) is 0 Å². The van der Waals surface area contributed by atoms with Crippen LogP contribution >= 0.6 is 0 Å². The Balaban J connectivity index is 1.61. The van der Waals surface area contributed by atoms with E-state index in [-0.39, 0.29) is 18.2 Å². The third kappa shape index (κ3) is 2.26. The largest absolute Gasteiger partial charge is 0.443 e. The Kier molecular flexibility index (Phi) is 2.73. The summed E-state index contributed by atoms with van der Waals surface area (Å²) in [6.45, 7) is 2.78. The van der Waals surface area contributed by atoms with Crippen LogP contribution in [-0.4, -0.2) is 36.2 Å². The fourth-order valence-electron chi connectivity index (χ4n) is 2.57. The van der Waals surface area contributed by atoms with Gasteiger partial charge >= 0.3 is 6.09 Å². The maximum absolute atomic E-state index is 11.1. The predicted octanol–water partition coefficient (Wildman–Crippen LogP) is 1.37. The first-order valence-corrected chi connectivity index (χ1v) is 6.05. The van der Waals surface area contributed by atoms with E-state index in [0.717, 1.165) is 26.1 Å². The van der Waals surface area contributed by atoms with E-state index < -0.39 is 0 Å². The first-order chi connectivity index (χ1) is 8.31. The van der Waals surface area contributed by atoms with Crippen LogP contribution in [0.4, 0.5) is 4.79 Å². The number of benzene rings is 1. The van der Waals surface area contributed by atoms with Gasteiger partial charge in [0.05, 0.1) is 6.04 Å². The number of nitrogens with one attached hydrogen (secondary N) is 1. The summed E-state index contributed by atoms with van der Waals surface area (Å²) in [5.74, 6) is 0. The normalized spacial score (nSPS) is 28.4. The Bertz CT molecular complexity index is 407. The highest BCUT2D eigenvalue weighted by atomic mass is 16.6. The summed E-state index contributed by atoms with van der Waals surface area (Å²) in [5.41, 5.74) is 1.31. The quantitative estimate of drug-likeness (QED) is 0.837. The van der Waals surface area contributed by atoms with Crippen LogP contribution in [0.3, 0.4) is 0 Å². The van der Waals surface area contributed by atoms with Crippen LogP contribution < -0.4 is 5.32 Å². The molecule has 17 heavy (non-hydrogen) atoms. The van der Waals surface area contributed by atoms with Gasteiger partial charge in [0.2, 0.25) is 0 Å². The van der Waals surface area contributed by atoms with Crippen LogP contribution in [0.1, 0.15) is 12.0 Å². The number of hydrogen-bond acceptors (Lipinski definition) is 3. The molecule has 2 aliphatic heterocycles. The fraction of sp³-hybridized carbons (Fsp3) is 0.462. The molecule has 2 atom stereocenters. The molecule has 2 saturated heterocycles. The van der Waals surface area contributed by atoms with Crippen LogP contribution in [0.5, 0.6) is 0 Å². The molecule has 1 amide bonds. The number of carbonyl (C=O) groups is 1. The number of piperidine rings is 1. The van der Waals surface area contributed by atoms with E-state index in [0.29, 0.717) is 0 Å². The third-order valence-corrected chi connectivity index (χ3v) is 3.45. The van der Waals surface area contributed by atoms with Gasteiger partial charge in [-0.15, -0.1) is 0 Å². The highest BCUT2D eigenvalue weighted by molar-refractivity contribution is 5.70. The summed E-state index contributed by atoms with van der Waals surface area (Å²) >= 11 is 0. The van der Waals surface area contributed by atoms with Crippen molar-refractivity contribution in [2.75, 3.05) is 13.1 Å². The highest BCUT2D eigenvalue weighted by Crippen LogP contribution is 2.20. The maximum Gasteiger partial charge on any atom is 0.407 e. The van der Waals surface area contributed by atoms with Crippen molar-refractivity contribution in [1.29, 1.82) is 0 Å². The lowest BCUT2D eigenvalue weighted by molar-refractivity contribution is 0.0668. The summed E-state index contributed by atoms with van der Waals surface area (Å²) in [4.78, 5) is 13.5. The molecule has 2 heterocycles. The third-order valence-electron chi connectivity index (χ3n) is 3.45. The van der Waals surface area contributed by atoms with Crippen LogP contribution in [-0.2, 0) is 11.3 Å². The van der Waals surface area contributed by atoms with E-state index in [1.807, 2.05) is 6.07 Å².